The maximum atomic E-state index is 11.2. The van der Waals surface area contributed by atoms with Gasteiger partial charge in [-0.1, -0.05) is 43.2 Å². The van der Waals surface area contributed by atoms with Crippen molar-refractivity contribution < 1.29 is 14.6 Å². The molecule has 1 aliphatic rings. The Bertz CT molecular complexity index is 424. The van der Waals surface area contributed by atoms with E-state index in [2.05, 4.69) is 9.39 Å². The summed E-state index contributed by atoms with van der Waals surface area (Å²) in [5.74, 6) is -0.0405. The Morgan fingerprint density at radius 2 is 1.95 bits per heavy atom. The summed E-state index contributed by atoms with van der Waals surface area (Å²) in [5, 5.41) is 9.20. The fourth-order valence-electron chi connectivity index (χ4n) is 2.02. The van der Waals surface area contributed by atoms with Crippen molar-refractivity contribution in [3.05, 3.63) is 29.3 Å². The number of hydrogen-bond donors (Lipinski definition) is 1. The average Bonchev–Trinajstić information content (AvgIpc) is 2.50. The van der Waals surface area contributed by atoms with Crippen molar-refractivity contribution in [1.29, 1.82) is 0 Å². The third kappa shape index (κ3) is 4.46. The van der Waals surface area contributed by atoms with Gasteiger partial charge < -0.3 is 9.84 Å². The van der Waals surface area contributed by atoms with Gasteiger partial charge in [-0.15, -0.1) is 0 Å². The molecule has 1 aromatic carbocycles. The molecule has 2 atom stereocenters. The molecule has 0 amide bonds. The number of carboxylic acid groups (broad SMARTS) is 1. The van der Waals surface area contributed by atoms with E-state index in [-0.39, 0.29) is 0 Å². The number of benzene rings is 1. The first-order chi connectivity index (χ1) is 9.63. The van der Waals surface area contributed by atoms with E-state index in [0.29, 0.717) is 0 Å². The second-order valence-corrected chi connectivity index (χ2v) is 4.46. The lowest BCUT2D eigenvalue weighted by Crippen LogP contribution is -2.33. The highest BCUT2D eigenvalue weighted by atomic mass is 31.0. The zero-order valence-electron chi connectivity index (χ0n) is 13.0. The molecule has 0 fully saturated rings. The first-order valence-corrected chi connectivity index (χ1v) is 7.56. The lowest BCUT2D eigenvalue weighted by Gasteiger charge is -2.31. The summed E-state index contributed by atoms with van der Waals surface area (Å²) in [5.41, 5.74) is 1.92. The summed E-state index contributed by atoms with van der Waals surface area (Å²) in [6, 6.07) is 4.99. The highest BCUT2D eigenvalue weighted by Gasteiger charge is 2.30. The highest BCUT2D eigenvalue weighted by Crippen LogP contribution is 2.34. The van der Waals surface area contributed by atoms with Crippen LogP contribution in [-0.4, -0.2) is 29.4 Å². The summed E-state index contributed by atoms with van der Waals surface area (Å²) < 4.78 is 6.91. The van der Waals surface area contributed by atoms with Gasteiger partial charge in [0.2, 0.25) is 0 Å². The van der Waals surface area contributed by atoms with Crippen molar-refractivity contribution in [3.63, 3.8) is 0 Å². The predicted molar refractivity (Wildman–Crippen MR) is 86.2 cm³/mol. The van der Waals surface area contributed by atoms with Crippen LogP contribution in [0.5, 0.6) is 5.75 Å². The first-order valence-electron chi connectivity index (χ1n) is 7.04. The van der Waals surface area contributed by atoms with Gasteiger partial charge >= 0.3 is 5.97 Å². The van der Waals surface area contributed by atoms with Gasteiger partial charge in [-0.3, -0.25) is 9.46 Å². The van der Waals surface area contributed by atoms with Gasteiger partial charge in [0.1, 0.15) is 11.8 Å². The Morgan fingerprint density at radius 3 is 2.45 bits per heavy atom. The summed E-state index contributed by atoms with van der Waals surface area (Å²) in [7, 11) is 4.09. The molecule has 1 N–H and O–H groups in total. The Kier molecular flexibility index (Phi) is 9.19. The van der Waals surface area contributed by atoms with E-state index in [1.54, 1.807) is 17.8 Å². The summed E-state index contributed by atoms with van der Waals surface area (Å²) in [4.78, 5) is 11.2. The number of nitrogens with zero attached hydrogens (tertiary/aromatic N) is 1. The largest absolute Gasteiger partial charge is 0.497 e. The fraction of sp³-hybridized carbons (Fsp3) is 0.533. The molecule has 1 aliphatic heterocycles. The zero-order valence-corrected chi connectivity index (χ0v) is 14.2. The average molecular weight is 299 g/mol. The molecule has 0 radical (unpaired) electrons. The minimum Gasteiger partial charge on any atom is -0.497 e. The predicted octanol–water partition coefficient (Wildman–Crippen LogP) is 3.52. The molecule has 0 saturated heterocycles. The number of methoxy groups -OCH3 is 1. The smallest absolute Gasteiger partial charge is 0.325 e. The van der Waals surface area contributed by atoms with Gasteiger partial charge in [0.05, 0.1) is 7.11 Å². The van der Waals surface area contributed by atoms with Gasteiger partial charge in [-0.05, 0) is 29.7 Å². The monoisotopic (exact) mass is 299 g/mol. The number of hydrogen-bond acceptors (Lipinski definition) is 3. The van der Waals surface area contributed by atoms with Crippen LogP contribution in [0.4, 0.5) is 0 Å². The number of fused-ring (bicyclic) bond motifs is 1. The minimum atomic E-state index is -0.818. The molecule has 1 heterocycles. The Hall–Kier alpha value is -1.12. The first kappa shape index (κ1) is 18.9. The quantitative estimate of drug-likeness (QED) is 0.849. The van der Waals surface area contributed by atoms with E-state index in [9.17, 15) is 9.90 Å². The minimum absolute atomic E-state index is 0.570. The topological polar surface area (TPSA) is 49.8 Å². The van der Waals surface area contributed by atoms with Crippen LogP contribution in [0.15, 0.2) is 18.2 Å². The highest BCUT2D eigenvalue weighted by molar-refractivity contribution is 7.13. The molecule has 0 bridgehead atoms. The van der Waals surface area contributed by atoms with Gasteiger partial charge in [0.25, 0.3) is 0 Å². The zero-order chi connectivity index (χ0) is 15.7. The number of rotatable bonds is 2. The molecule has 4 nitrogen and oxygen atoms in total. The van der Waals surface area contributed by atoms with E-state index in [4.69, 9.17) is 4.74 Å². The number of carboxylic acids is 1. The lowest BCUT2D eigenvalue weighted by molar-refractivity contribution is -0.141. The Morgan fingerprint density at radius 1 is 1.35 bits per heavy atom. The van der Waals surface area contributed by atoms with Crippen molar-refractivity contribution in [1.82, 2.24) is 4.67 Å². The third-order valence-electron chi connectivity index (χ3n) is 2.85. The SMILES string of the molecule is CC.CC.COc1ccc2c(c1)CCN(P)C2C(=O)O. The van der Waals surface area contributed by atoms with E-state index >= 15 is 0 Å². The van der Waals surface area contributed by atoms with E-state index < -0.39 is 12.0 Å². The molecule has 114 valence electrons. The van der Waals surface area contributed by atoms with Crippen LogP contribution >= 0.6 is 9.39 Å². The van der Waals surface area contributed by atoms with Crippen molar-refractivity contribution in [2.24, 2.45) is 0 Å². The molecule has 20 heavy (non-hydrogen) atoms. The van der Waals surface area contributed by atoms with Crippen molar-refractivity contribution in [2.75, 3.05) is 13.7 Å². The van der Waals surface area contributed by atoms with Gasteiger partial charge in [-0.2, -0.15) is 0 Å². The fourth-order valence-corrected chi connectivity index (χ4v) is 2.44. The normalized spacial score (nSPS) is 16.8. The van der Waals surface area contributed by atoms with Crippen LogP contribution in [0.1, 0.15) is 44.9 Å². The van der Waals surface area contributed by atoms with Gasteiger partial charge in [0.15, 0.2) is 0 Å². The lowest BCUT2D eigenvalue weighted by atomic mass is 9.94. The molecule has 2 unspecified atom stereocenters. The molecular formula is C15H26NO3P. The second kappa shape index (κ2) is 9.73. The van der Waals surface area contributed by atoms with Crippen LogP contribution < -0.4 is 4.74 Å². The van der Waals surface area contributed by atoms with Crippen LogP contribution in [0.3, 0.4) is 0 Å². The molecule has 0 saturated carbocycles. The van der Waals surface area contributed by atoms with E-state index in [1.165, 1.54) is 0 Å². The van der Waals surface area contributed by atoms with Crippen molar-refractivity contribution in [3.8, 4) is 5.75 Å². The van der Waals surface area contributed by atoms with Crippen LogP contribution in [-0.2, 0) is 11.2 Å². The van der Waals surface area contributed by atoms with E-state index in [1.807, 2.05) is 39.8 Å². The third-order valence-corrected chi connectivity index (χ3v) is 3.41. The van der Waals surface area contributed by atoms with Crippen LogP contribution in [0.25, 0.3) is 0 Å². The molecule has 2 rings (SSSR count). The standard InChI is InChI=1S/C11H14NO3P.2C2H6/c1-15-8-2-3-9-7(6-8)4-5-12(16)10(9)11(13)14;2*1-2/h2-3,6,10H,4-5,16H2,1H3,(H,13,14);2*1-2H3. The number of carbonyl (C=O) groups is 1. The van der Waals surface area contributed by atoms with Crippen molar-refractivity contribution >= 4 is 15.4 Å². The number of aliphatic carboxylic acids is 1. The van der Waals surface area contributed by atoms with Crippen LogP contribution in [0, 0.1) is 0 Å². The van der Waals surface area contributed by atoms with E-state index in [0.717, 1.165) is 29.8 Å². The van der Waals surface area contributed by atoms with Gasteiger partial charge in [0, 0.05) is 6.54 Å². The molecule has 0 aliphatic carbocycles. The molecule has 0 spiro atoms. The van der Waals surface area contributed by atoms with Gasteiger partial charge in [-0.25, -0.2) is 0 Å². The van der Waals surface area contributed by atoms with Crippen LogP contribution in [0.2, 0.25) is 0 Å². The summed E-state index contributed by atoms with van der Waals surface area (Å²) >= 11 is 0. The molecule has 0 aromatic heterocycles. The molecular weight excluding hydrogens is 273 g/mol. The Balaban J connectivity index is 0.000000829. The maximum Gasteiger partial charge on any atom is 0.325 e. The molecule has 5 heteroatoms. The second-order valence-electron chi connectivity index (χ2n) is 3.79. The summed E-state index contributed by atoms with van der Waals surface area (Å²) in [6.07, 6.45) is 0.847. The maximum absolute atomic E-state index is 11.2. The van der Waals surface area contributed by atoms with Crippen molar-refractivity contribution in [2.45, 2.75) is 40.2 Å². The Labute approximate surface area is 124 Å². The molecule has 1 aromatic rings. The summed E-state index contributed by atoms with van der Waals surface area (Å²) in [6.45, 7) is 8.72. The number of ether oxygens (including phenoxy) is 1.